The van der Waals surface area contributed by atoms with E-state index in [1.54, 1.807) is 11.3 Å². The molecule has 0 spiro atoms. The van der Waals surface area contributed by atoms with Crippen LogP contribution in [0.2, 0.25) is 0 Å². The topological polar surface area (TPSA) is 32.8 Å². The summed E-state index contributed by atoms with van der Waals surface area (Å²) in [6, 6.07) is 22.0. The maximum absolute atomic E-state index is 11.6. The van der Waals surface area contributed by atoms with E-state index in [0.717, 1.165) is 26.2 Å². The van der Waals surface area contributed by atoms with E-state index in [9.17, 15) is 4.79 Å². The molecular weight excluding hydrogens is 404 g/mol. The van der Waals surface area contributed by atoms with Crippen LogP contribution < -0.4 is 0 Å². The molecule has 2 heterocycles. The highest BCUT2D eigenvalue weighted by molar-refractivity contribution is 7.13. The summed E-state index contributed by atoms with van der Waals surface area (Å²) < 4.78 is 4.79. The minimum Gasteiger partial charge on any atom is -0.465 e. The van der Waals surface area contributed by atoms with E-state index in [1.807, 2.05) is 24.3 Å². The number of piperazine rings is 1. The lowest BCUT2D eigenvalue weighted by Crippen LogP contribution is -2.55. The van der Waals surface area contributed by atoms with Gasteiger partial charge in [0, 0.05) is 43.1 Å². The molecule has 4 nitrogen and oxygen atoms in total. The molecule has 5 heteroatoms. The number of carbonyl (C=O) groups excluding carboxylic acids is 1. The molecule has 1 aliphatic rings. The van der Waals surface area contributed by atoms with Crippen LogP contribution in [0.5, 0.6) is 0 Å². The van der Waals surface area contributed by atoms with Gasteiger partial charge in [-0.2, -0.15) is 0 Å². The lowest BCUT2D eigenvalue weighted by molar-refractivity contribution is 0.0290. The van der Waals surface area contributed by atoms with E-state index >= 15 is 0 Å². The molecule has 0 N–H and O–H groups in total. The van der Waals surface area contributed by atoms with Gasteiger partial charge in [-0.3, -0.25) is 9.80 Å². The summed E-state index contributed by atoms with van der Waals surface area (Å²) >= 11 is 1.78. The highest BCUT2D eigenvalue weighted by atomic mass is 32.1. The average Bonchev–Trinajstić information content (AvgIpc) is 3.32. The highest BCUT2D eigenvalue weighted by Gasteiger charge is 2.29. The number of benzene rings is 2. The number of ether oxygens (including phenoxy) is 1. The Labute approximate surface area is 189 Å². The monoisotopic (exact) mass is 434 g/mol. The number of thiophene rings is 1. The molecular formula is C26H30N2O2S. The van der Waals surface area contributed by atoms with E-state index in [-0.39, 0.29) is 5.97 Å². The zero-order valence-corrected chi connectivity index (χ0v) is 19.3. The smallest absolute Gasteiger partial charge is 0.337 e. The minimum atomic E-state index is -0.287. The van der Waals surface area contributed by atoms with Crippen molar-refractivity contribution in [1.82, 2.24) is 9.80 Å². The zero-order chi connectivity index (χ0) is 21.8. The van der Waals surface area contributed by atoms with Crippen molar-refractivity contribution < 1.29 is 9.53 Å². The first-order chi connectivity index (χ1) is 15.0. The lowest BCUT2D eigenvalue weighted by Gasteiger charge is -2.44. The van der Waals surface area contributed by atoms with Crippen LogP contribution in [0.15, 0.2) is 66.0 Å². The van der Waals surface area contributed by atoms with Crippen LogP contribution in [-0.2, 0) is 17.8 Å². The minimum absolute atomic E-state index is 0.287. The summed E-state index contributed by atoms with van der Waals surface area (Å²) in [5.41, 5.74) is 4.49. The summed E-state index contributed by atoms with van der Waals surface area (Å²) in [4.78, 5) is 18.1. The molecule has 1 aromatic heterocycles. The van der Waals surface area contributed by atoms with Gasteiger partial charge in [0.15, 0.2) is 0 Å². The Morgan fingerprint density at radius 2 is 1.55 bits per heavy atom. The fourth-order valence-electron chi connectivity index (χ4n) is 4.46. The van der Waals surface area contributed by atoms with E-state index in [4.69, 9.17) is 4.74 Å². The standard InChI is InChI=1S/C26H30N2O2S/c1-19-15-27(17-21-6-10-23(11-7-21)25-5-4-14-31-25)16-20(2)28(19)18-22-8-12-24(13-9-22)26(29)30-3/h4-14,19-20H,15-18H2,1-3H3/t19-,20+. The number of rotatable bonds is 6. The second kappa shape index (κ2) is 9.77. The Morgan fingerprint density at radius 1 is 0.935 bits per heavy atom. The van der Waals surface area contributed by atoms with Crippen LogP contribution in [0.25, 0.3) is 10.4 Å². The lowest BCUT2D eigenvalue weighted by atomic mass is 10.0. The normalized spacial score (nSPS) is 20.0. The van der Waals surface area contributed by atoms with Crippen molar-refractivity contribution in [3.05, 3.63) is 82.7 Å². The van der Waals surface area contributed by atoms with Crippen molar-refractivity contribution in [2.45, 2.75) is 39.0 Å². The third kappa shape index (κ3) is 5.24. The Morgan fingerprint density at radius 3 is 2.13 bits per heavy atom. The van der Waals surface area contributed by atoms with Gasteiger partial charge in [0.2, 0.25) is 0 Å². The molecule has 1 aliphatic heterocycles. The predicted octanol–water partition coefficient (Wildman–Crippen LogP) is 5.30. The molecule has 4 rings (SSSR count). The second-order valence-corrected chi connectivity index (χ2v) is 9.37. The van der Waals surface area contributed by atoms with Gasteiger partial charge in [0.05, 0.1) is 12.7 Å². The average molecular weight is 435 g/mol. The van der Waals surface area contributed by atoms with E-state index in [2.05, 4.69) is 65.4 Å². The third-order valence-corrected chi connectivity index (χ3v) is 7.00. The molecule has 1 fully saturated rings. The fraction of sp³-hybridized carbons (Fsp3) is 0.346. The van der Waals surface area contributed by atoms with Crippen molar-refractivity contribution in [3.8, 4) is 10.4 Å². The largest absolute Gasteiger partial charge is 0.465 e. The van der Waals surface area contributed by atoms with E-state index in [0.29, 0.717) is 17.6 Å². The van der Waals surface area contributed by atoms with Gasteiger partial charge in [-0.15, -0.1) is 11.3 Å². The maximum atomic E-state index is 11.6. The van der Waals surface area contributed by atoms with Crippen LogP contribution in [0.4, 0.5) is 0 Å². The van der Waals surface area contributed by atoms with Crippen LogP contribution >= 0.6 is 11.3 Å². The van der Waals surface area contributed by atoms with Crippen molar-refractivity contribution in [2.24, 2.45) is 0 Å². The predicted molar refractivity (Wildman–Crippen MR) is 127 cm³/mol. The Bertz CT molecular complexity index is 971. The Balaban J connectivity index is 1.35. The van der Waals surface area contributed by atoms with Gasteiger partial charge in [-0.1, -0.05) is 42.5 Å². The molecule has 0 bridgehead atoms. The molecule has 162 valence electrons. The highest BCUT2D eigenvalue weighted by Crippen LogP contribution is 2.26. The van der Waals surface area contributed by atoms with Gasteiger partial charge < -0.3 is 4.74 Å². The quantitative estimate of drug-likeness (QED) is 0.493. The van der Waals surface area contributed by atoms with E-state index in [1.165, 1.54) is 28.7 Å². The van der Waals surface area contributed by atoms with Crippen molar-refractivity contribution >= 4 is 17.3 Å². The molecule has 2 aromatic carbocycles. The second-order valence-electron chi connectivity index (χ2n) is 8.43. The molecule has 0 saturated carbocycles. The third-order valence-electron chi connectivity index (χ3n) is 6.08. The summed E-state index contributed by atoms with van der Waals surface area (Å²) in [5.74, 6) is -0.287. The first kappa shape index (κ1) is 21.8. The fourth-order valence-corrected chi connectivity index (χ4v) is 5.19. The number of nitrogens with zero attached hydrogens (tertiary/aromatic N) is 2. The van der Waals surface area contributed by atoms with Crippen molar-refractivity contribution in [2.75, 3.05) is 20.2 Å². The van der Waals surface area contributed by atoms with Crippen LogP contribution in [0, 0.1) is 0 Å². The summed E-state index contributed by atoms with van der Waals surface area (Å²) in [6.45, 7) is 8.61. The first-order valence-corrected chi connectivity index (χ1v) is 11.7. The summed E-state index contributed by atoms with van der Waals surface area (Å²) in [7, 11) is 1.41. The van der Waals surface area contributed by atoms with Gasteiger partial charge in [-0.25, -0.2) is 4.79 Å². The maximum Gasteiger partial charge on any atom is 0.337 e. The molecule has 0 amide bonds. The molecule has 31 heavy (non-hydrogen) atoms. The van der Waals surface area contributed by atoms with Gasteiger partial charge in [0.25, 0.3) is 0 Å². The Kier molecular flexibility index (Phi) is 6.86. The number of methoxy groups -OCH3 is 1. The van der Waals surface area contributed by atoms with Gasteiger partial charge in [-0.05, 0) is 54.1 Å². The SMILES string of the molecule is COC(=O)c1ccc(CN2[C@H](C)CN(Cc3ccc(-c4cccs4)cc3)C[C@@H]2C)cc1. The van der Waals surface area contributed by atoms with Gasteiger partial charge in [0.1, 0.15) is 0 Å². The molecule has 0 aliphatic carbocycles. The first-order valence-electron chi connectivity index (χ1n) is 10.8. The van der Waals surface area contributed by atoms with Crippen molar-refractivity contribution in [1.29, 1.82) is 0 Å². The number of hydrogen-bond donors (Lipinski definition) is 0. The zero-order valence-electron chi connectivity index (χ0n) is 18.5. The number of esters is 1. The summed E-state index contributed by atoms with van der Waals surface area (Å²) in [5, 5.41) is 2.12. The van der Waals surface area contributed by atoms with E-state index < -0.39 is 0 Å². The molecule has 0 unspecified atom stereocenters. The number of carbonyl (C=O) groups is 1. The van der Waals surface area contributed by atoms with Crippen LogP contribution in [0.1, 0.15) is 35.3 Å². The number of hydrogen-bond acceptors (Lipinski definition) is 5. The molecule has 2 atom stereocenters. The molecule has 1 saturated heterocycles. The summed E-state index contributed by atoms with van der Waals surface area (Å²) in [6.07, 6.45) is 0. The van der Waals surface area contributed by atoms with Gasteiger partial charge >= 0.3 is 5.97 Å². The van der Waals surface area contributed by atoms with Crippen LogP contribution in [0.3, 0.4) is 0 Å². The molecule has 0 radical (unpaired) electrons. The Hall–Kier alpha value is -2.47. The van der Waals surface area contributed by atoms with Crippen LogP contribution in [-0.4, -0.2) is 48.1 Å². The van der Waals surface area contributed by atoms with Crippen molar-refractivity contribution in [3.63, 3.8) is 0 Å². The molecule has 3 aromatic rings.